The smallest absolute Gasteiger partial charge is 0.145 e. The largest absolute Gasteiger partial charge is 0.496 e. The quantitative estimate of drug-likeness (QED) is 0.403. The van der Waals surface area contributed by atoms with E-state index in [1.54, 1.807) is 32.5 Å². The number of benzene rings is 1. The van der Waals surface area contributed by atoms with Gasteiger partial charge in [0.05, 0.1) is 31.1 Å². The van der Waals surface area contributed by atoms with Gasteiger partial charge in [0.15, 0.2) is 0 Å². The number of imidazole rings is 1. The Morgan fingerprint density at radius 1 is 1.03 bits per heavy atom. The Morgan fingerprint density at radius 3 is 2.56 bits per heavy atom. The van der Waals surface area contributed by atoms with Gasteiger partial charge in [-0.3, -0.25) is 9.88 Å². The summed E-state index contributed by atoms with van der Waals surface area (Å²) in [7, 11) is 3.19. The minimum Gasteiger partial charge on any atom is -0.496 e. The molecule has 0 unspecified atom stereocenters. The number of hydrogen-bond donors (Lipinski definition) is 0. The fourth-order valence-corrected chi connectivity index (χ4v) is 4.54. The van der Waals surface area contributed by atoms with Gasteiger partial charge in [0.25, 0.3) is 0 Å². The molecule has 0 atom stereocenters. The number of piperazine rings is 1. The fourth-order valence-electron chi connectivity index (χ4n) is 4.30. The lowest BCUT2D eigenvalue weighted by atomic mass is 10.1. The van der Waals surface area contributed by atoms with E-state index in [2.05, 4.69) is 26.9 Å². The van der Waals surface area contributed by atoms with E-state index in [0.717, 1.165) is 48.8 Å². The number of fused-ring (bicyclic) bond motifs is 1. The van der Waals surface area contributed by atoms with Crippen molar-refractivity contribution in [3.63, 3.8) is 0 Å². The summed E-state index contributed by atoms with van der Waals surface area (Å²) in [5, 5.41) is 0.501. The molecule has 1 aliphatic heterocycles. The normalized spacial score (nSPS) is 14.5. The zero-order chi connectivity index (χ0) is 23.7. The molecule has 1 saturated heterocycles. The maximum absolute atomic E-state index is 13.9. The van der Waals surface area contributed by atoms with Crippen molar-refractivity contribution in [2.45, 2.75) is 6.54 Å². The molecule has 7 nitrogen and oxygen atoms in total. The summed E-state index contributed by atoms with van der Waals surface area (Å²) in [5.74, 6) is 0.950. The molecule has 0 saturated carbocycles. The lowest BCUT2D eigenvalue weighted by molar-refractivity contribution is 0.246. The van der Waals surface area contributed by atoms with Gasteiger partial charge in [-0.05, 0) is 18.2 Å². The molecule has 0 radical (unpaired) electrons. The summed E-state index contributed by atoms with van der Waals surface area (Å²) < 4.78 is 26.8. The highest BCUT2D eigenvalue weighted by Crippen LogP contribution is 2.38. The molecule has 0 amide bonds. The van der Waals surface area contributed by atoms with Crippen LogP contribution in [0, 0.1) is 5.82 Å². The molecule has 4 aromatic rings. The third-order valence-corrected chi connectivity index (χ3v) is 6.48. The van der Waals surface area contributed by atoms with Crippen LogP contribution in [0.4, 0.5) is 10.1 Å². The highest BCUT2D eigenvalue weighted by atomic mass is 35.5. The van der Waals surface area contributed by atoms with Crippen LogP contribution < -0.4 is 14.4 Å². The highest BCUT2D eigenvalue weighted by molar-refractivity contribution is 6.32. The molecule has 9 heteroatoms. The summed E-state index contributed by atoms with van der Waals surface area (Å²) in [6.45, 7) is 4.02. The SMILES string of the molecule is COc1cc(OC)c(-c2cn3ccc(N4CCN(Cc5ccncc5F)CC4)cc3n2)cc1Cl. The van der Waals surface area contributed by atoms with Crippen LogP contribution in [0.25, 0.3) is 16.9 Å². The van der Waals surface area contributed by atoms with Crippen molar-refractivity contribution in [3.05, 3.63) is 71.5 Å². The topological polar surface area (TPSA) is 55.1 Å². The summed E-state index contributed by atoms with van der Waals surface area (Å²) >= 11 is 6.36. The molecule has 1 aliphatic rings. The van der Waals surface area contributed by atoms with Gasteiger partial charge in [-0.15, -0.1) is 0 Å². The van der Waals surface area contributed by atoms with Crippen molar-refractivity contribution in [2.75, 3.05) is 45.3 Å². The molecule has 0 aliphatic carbocycles. The van der Waals surface area contributed by atoms with Crippen molar-refractivity contribution < 1.29 is 13.9 Å². The number of ether oxygens (including phenoxy) is 2. The average Bonchev–Trinajstić information content (AvgIpc) is 3.29. The van der Waals surface area contributed by atoms with Crippen LogP contribution in [-0.2, 0) is 6.54 Å². The molecule has 1 fully saturated rings. The molecular formula is C25H25ClFN5O2. The molecule has 0 N–H and O–H groups in total. The van der Waals surface area contributed by atoms with Crippen molar-refractivity contribution in [1.82, 2.24) is 19.3 Å². The Hall–Kier alpha value is -3.36. The fraction of sp³-hybridized carbons (Fsp3) is 0.280. The van der Waals surface area contributed by atoms with Gasteiger partial charge in [-0.1, -0.05) is 11.6 Å². The number of anilines is 1. The van der Waals surface area contributed by atoms with Crippen LogP contribution in [-0.4, -0.2) is 59.7 Å². The van der Waals surface area contributed by atoms with Crippen LogP contribution in [0.1, 0.15) is 5.56 Å². The minimum absolute atomic E-state index is 0.250. The van der Waals surface area contributed by atoms with Gasteiger partial charge in [0, 0.05) is 80.3 Å². The van der Waals surface area contributed by atoms with Gasteiger partial charge in [0.2, 0.25) is 0 Å². The Bertz CT molecular complexity index is 1320. The average molecular weight is 482 g/mol. The van der Waals surface area contributed by atoms with E-state index in [1.807, 2.05) is 22.9 Å². The molecule has 34 heavy (non-hydrogen) atoms. The van der Waals surface area contributed by atoms with Crippen molar-refractivity contribution in [1.29, 1.82) is 0 Å². The zero-order valence-electron chi connectivity index (χ0n) is 19.0. The predicted molar refractivity (Wildman–Crippen MR) is 130 cm³/mol. The van der Waals surface area contributed by atoms with Crippen molar-refractivity contribution in [2.24, 2.45) is 0 Å². The first-order chi connectivity index (χ1) is 16.6. The van der Waals surface area contributed by atoms with Gasteiger partial charge in [-0.25, -0.2) is 9.37 Å². The Balaban J connectivity index is 1.33. The number of aromatic nitrogens is 3. The second-order valence-electron chi connectivity index (χ2n) is 8.19. The lowest BCUT2D eigenvalue weighted by Crippen LogP contribution is -2.46. The summed E-state index contributed by atoms with van der Waals surface area (Å²) in [6, 6.07) is 9.50. The van der Waals surface area contributed by atoms with E-state index in [-0.39, 0.29) is 5.82 Å². The first-order valence-corrected chi connectivity index (χ1v) is 11.4. The molecule has 3 aromatic heterocycles. The minimum atomic E-state index is -0.250. The monoisotopic (exact) mass is 481 g/mol. The molecule has 5 rings (SSSR count). The number of hydrogen-bond acceptors (Lipinski definition) is 6. The first kappa shape index (κ1) is 22.4. The number of nitrogens with zero attached hydrogens (tertiary/aromatic N) is 5. The summed E-state index contributed by atoms with van der Waals surface area (Å²) in [6.07, 6.45) is 6.88. The number of methoxy groups -OCH3 is 2. The molecule has 1 aromatic carbocycles. The van der Waals surface area contributed by atoms with Crippen LogP contribution in [0.3, 0.4) is 0 Å². The maximum atomic E-state index is 13.9. The number of pyridine rings is 2. The molecule has 0 spiro atoms. The molecule has 4 heterocycles. The van der Waals surface area contributed by atoms with E-state index in [4.69, 9.17) is 26.1 Å². The Labute approximate surface area is 202 Å². The molecular weight excluding hydrogens is 457 g/mol. The number of halogens is 2. The van der Waals surface area contributed by atoms with Gasteiger partial charge < -0.3 is 18.8 Å². The van der Waals surface area contributed by atoms with E-state index >= 15 is 0 Å². The maximum Gasteiger partial charge on any atom is 0.145 e. The third-order valence-electron chi connectivity index (χ3n) is 6.18. The van der Waals surface area contributed by atoms with Crippen molar-refractivity contribution in [3.8, 4) is 22.8 Å². The van der Waals surface area contributed by atoms with E-state index in [1.165, 1.54) is 6.20 Å². The third kappa shape index (κ3) is 4.38. The second kappa shape index (κ2) is 9.48. The van der Waals surface area contributed by atoms with Crippen molar-refractivity contribution >= 4 is 22.9 Å². The molecule has 176 valence electrons. The zero-order valence-corrected chi connectivity index (χ0v) is 19.8. The van der Waals surface area contributed by atoms with Crippen LogP contribution in [0.5, 0.6) is 11.5 Å². The Morgan fingerprint density at radius 2 is 1.82 bits per heavy atom. The van der Waals surface area contributed by atoms with Crippen LogP contribution >= 0.6 is 11.6 Å². The van der Waals surface area contributed by atoms with Gasteiger partial charge >= 0.3 is 0 Å². The first-order valence-electron chi connectivity index (χ1n) is 11.0. The van der Waals surface area contributed by atoms with E-state index < -0.39 is 0 Å². The van der Waals surface area contributed by atoms with Gasteiger partial charge in [-0.2, -0.15) is 0 Å². The molecule has 0 bridgehead atoms. The number of rotatable bonds is 6. The van der Waals surface area contributed by atoms with E-state index in [0.29, 0.717) is 28.6 Å². The Kier molecular flexibility index (Phi) is 6.26. The van der Waals surface area contributed by atoms with Crippen LogP contribution in [0.15, 0.2) is 55.1 Å². The predicted octanol–water partition coefficient (Wildman–Crippen LogP) is 4.53. The lowest BCUT2D eigenvalue weighted by Gasteiger charge is -2.36. The second-order valence-corrected chi connectivity index (χ2v) is 8.60. The summed E-state index contributed by atoms with van der Waals surface area (Å²) in [5.41, 5.74) is 4.20. The highest BCUT2D eigenvalue weighted by Gasteiger charge is 2.20. The van der Waals surface area contributed by atoms with Gasteiger partial charge in [0.1, 0.15) is 23.0 Å². The van der Waals surface area contributed by atoms with E-state index in [9.17, 15) is 4.39 Å². The van der Waals surface area contributed by atoms with Crippen LogP contribution in [0.2, 0.25) is 5.02 Å². The summed E-state index contributed by atoms with van der Waals surface area (Å²) in [4.78, 5) is 13.2. The standard InChI is InChI=1S/C25H25ClFN5O2/c1-33-23-13-24(34-2)20(26)12-19(23)22-16-32-6-4-18(11-25(32)29-22)31-9-7-30(8-10-31)15-17-3-5-28-14-21(17)27/h3-6,11-14,16H,7-10,15H2,1-2H3.